The monoisotopic (exact) mass is 366 g/mol. The summed E-state index contributed by atoms with van der Waals surface area (Å²) in [7, 11) is 1.38. The molecule has 1 fully saturated rings. The van der Waals surface area contributed by atoms with E-state index in [0.717, 1.165) is 40.7 Å². The van der Waals surface area contributed by atoms with Gasteiger partial charge in [0, 0.05) is 37.0 Å². The summed E-state index contributed by atoms with van der Waals surface area (Å²) < 4.78 is 4.75. The molecular weight excluding hydrogens is 340 g/mol. The lowest BCUT2D eigenvalue weighted by Crippen LogP contribution is -2.31. The second kappa shape index (κ2) is 8.33. The Morgan fingerprint density at radius 1 is 1.22 bits per heavy atom. The minimum absolute atomic E-state index is 0.194. The fourth-order valence-corrected chi connectivity index (χ4v) is 3.24. The minimum atomic E-state index is -0.287. The normalized spacial score (nSPS) is 13.3. The third-order valence-corrected chi connectivity index (χ3v) is 4.92. The summed E-state index contributed by atoms with van der Waals surface area (Å²) in [5.41, 5.74) is 5.06. The fourth-order valence-electron chi connectivity index (χ4n) is 3.24. The number of carbonyl (C=O) groups excluding carboxylic acids is 2. The fraction of sp³-hybridized carbons (Fsp3) is 0.409. The van der Waals surface area contributed by atoms with Crippen molar-refractivity contribution >= 4 is 11.9 Å². The van der Waals surface area contributed by atoms with Crippen LogP contribution in [0.1, 0.15) is 36.5 Å². The van der Waals surface area contributed by atoms with Gasteiger partial charge < -0.3 is 9.64 Å². The van der Waals surface area contributed by atoms with Gasteiger partial charge in [-0.3, -0.25) is 14.6 Å². The van der Waals surface area contributed by atoms with Crippen molar-refractivity contribution in [3.63, 3.8) is 0 Å². The van der Waals surface area contributed by atoms with Crippen LogP contribution in [0.2, 0.25) is 0 Å². The molecule has 5 nitrogen and oxygen atoms in total. The van der Waals surface area contributed by atoms with E-state index in [1.165, 1.54) is 7.11 Å². The zero-order valence-electron chi connectivity index (χ0n) is 16.2. The quantitative estimate of drug-likeness (QED) is 0.704. The Bertz CT molecular complexity index is 843. The summed E-state index contributed by atoms with van der Waals surface area (Å²) in [6, 6.07) is 8.23. The van der Waals surface area contributed by atoms with Gasteiger partial charge in [-0.1, -0.05) is 23.8 Å². The number of rotatable bonds is 7. The van der Waals surface area contributed by atoms with Crippen molar-refractivity contribution in [1.29, 1.82) is 0 Å². The van der Waals surface area contributed by atoms with Crippen LogP contribution in [0.5, 0.6) is 0 Å². The maximum Gasteiger partial charge on any atom is 0.310 e. The molecule has 1 aliphatic carbocycles. The van der Waals surface area contributed by atoms with Crippen molar-refractivity contribution in [1.82, 2.24) is 9.88 Å². The molecule has 0 saturated heterocycles. The molecule has 1 aromatic carbocycles. The number of aromatic nitrogens is 1. The first kappa shape index (κ1) is 19.1. The standard InChI is InChI=1S/C22H26N2O3/c1-4-24(22(26)17-6-7-17)14-19-9-15(2)5-8-20(19)18-10-16(12-23-13-18)11-21(25)27-3/h5,8-10,12-13,17H,4,6-7,11,14H2,1-3H3. The molecule has 2 aromatic rings. The van der Waals surface area contributed by atoms with Gasteiger partial charge in [0.2, 0.25) is 5.91 Å². The number of carbonyl (C=O) groups is 2. The third-order valence-electron chi connectivity index (χ3n) is 4.92. The first-order valence-electron chi connectivity index (χ1n) is 9.41. The van der Waals surface area contributed by atoms with E-state index in [-0.39, 0.29) is 24.2 Å². The average molecular weight is 366 g/mol. The molecular formula is C22H26N2O3. The van der Waals surface area contributed by atoms with Gasteiger partial charge in [0.25, 0.3) is 0 Å². The molecule has 1 aliphatic rings. The third kappa shape index (κ3) is 4.73. The van der Waals surface area contributed by atoms with Crippen molar-refractivity contribution in [2.45, 2.75) is 39.7 Å². The summed E-state index contributed by atoms with van der Waals surface area (Å²) in [6.45, 7) is 5.36. The van der Waals surface area contributed by atoms with Gasteiger partial charge in [0.15, 0.2) is 0 Å². The number of esters is 1. The Morgan fingerprint density at radius 2 is 2.00 bits per heavy atom. The van der Waals surface area contributed by atoms with E-state index in [1.807, 2.05) is 17.9 Å². The Hall–Kier alpha value is -2.69. The Kier molecular flexibility index (Phi) is 5.89. The Balaban J connectivity index is 1.90. The first-order valence-corrected chi connectivity index (χ1v) is 9.41. The number of amides is 1. The molecule has 27 heavy (non-hydrogen) atoms. The van der Waals surface area contributed by atoms with Crippen LogP contribution >= 0.6 is 0 Å². The second-order valence-corrected chi connectivity index (χ2v) is 7.12. The van der Waals surface area contributed by atoms with Crippen LogP contribution in [-0.2, 0) is 27.3 Å². The molecule has 0 bridgehead atoms. The molecule has 0 atom stereocenters. The van der Waals surface area contributed by atoms with Gasteiger partial charge in [-0.15, -0.1) is 0 Å². The lowest BCUT2D eigenvalue weighted by atomic mass is 9.97. The molecule has 5 heteroatoms. The van der Waals surface area contributed by atoms with Gasteiger partial charge in [0.1, 0.15) is 0 Å². The van der Waals surface area contributed by atoms with E-state index >= 15 is 0 Å². The summed E-state index contributed by atoms with van der Waals surface area (Å²) in [5, 5.41) is 0. The SMILES string of the molecule is CCN(Cc1cc(C)ccc1-c1cncc(CC(=O)OC)c1)C(=O)C1CC1. The average Bonchev–Trinajstić information content (AvgIpc) is 3.51. The van der Waals surface area contributed by atoms with Crippen molar-refractivity contribution in [2.75, 3.05) is 13.7 Å². The van der Waals surface area contributed by atoms with Crippen LogP contribution < -0.4 is 0 Å². The van der Waals surface area contributed by atoms with Crippen LogP contribution in [0, 0.1) is 12.8 Å². The number of aryl methyl sites for hydroxylation is 1. The largest absolute Gasteiger partial charge is 0.469 e. The lowest BCUT2D eigenvalue weighted by Gasteiger charge is -2.23. The molecule has 1 amide bonds. The maximum absolute atomic E-state index is 12.5. The van der Waals surface area contributed by atoms with E-state index in [4.69, 9.17) is 4.74 Å². The van der Waals surface area contributed by atoms with Crippen LogP contribution in [0.3, 0.4) is 0 Å². The van der Waals surface area contributed by atoms with E-state index in [2.05, 4.69) is 30.1 Å². The van der Waals surface area contributed by atoms with Gasteiger partial charge >= 0.3 is 5.97 Å². The number of ether oxygens (including phenoxy) is 1. The lowest BCUT2D eigenvalue weighted by molar-refractivity contribution is -0.139. The molecule has 0 N–H and O–H groups in total. The summed E-state index contributed by atoms with van der Waals surface area (Å²) in [5.74, 6) is 0.177. The molecule has 3 rings (SSSR count). The van der Waals surface area contributed by atoms with Gasteiger partial charge in [0.05, 0.1) is 13.5 Å². The van der Waals surface area contributed by atoms with Gasteiger partial charge in [-0.2, -0.15) is 0 Å². The highest BCUT2D eigenvalue weighted by atomic mass is 16.5. The van der Waals surface area contributed by atoms with Crippen molar-refractivity contribution < 1.29 is 14.3 Å². The molecule has 0 spiro atoms. The molecule has 0 aliphatic heterocycles. The molecule has 1 heterocycles. The smallest absolute Gasteiger partial charge is 0.310 e. The van der Waals surface area contributed by atoms with E-state index in [1.54, 1.807) is 12.4 Å². The highest BCUT2D eigenvalue weighted by Crippen LogP contribution is 2.32. The summed E-state index contributed by atoms with van der Waals surface area (Å²) >= 11 is 0. The molecule has 1 aromatic heterocycles. The van der Waals surface area contributed by atoms with Crippen molar-refractivity contribution in [2.24, 2.45) is 5.92 Å². The minimum Gasteiger partial charge on any atom is -0.469 e. The van der Waals surface area contributed by atoms with Crippen LogP contribution in [0.25, 0.3) is 11.1 Å². The Labute approximate surface area is 160 Å². The molecule has 0 unspecified atom stereocenters. The first-order chi connectivity index (χ1) is 13.0. The molecule has 1 saturated carbocycles. The second-order valence-electron chi connectivity index (χ2n) is 7.12. The molecule has 0 radical (unpaired) electrons. The van der Waals surface area contributed by atoms with Crippen molar-refractivity contribution in [3.8, 4) is 11.1 Å². The number of methoxy groups -OCH3 is 1. The number of nitrogens with zero attached hydrogens (tertiary/aromatic N) is 2. The van der Waals surface area contributed by atoms with Crippen molar-refractivity contribution in [3.05, 3.63) is 53.3 Å². The number of benzene rings is 1. The highest BCUT2D eigenvalue weighted by molar-refractivity contribution is 5.81. The van der Waals surface area contributed by atoms with Crippen LogP contribution in [0.15, 0.2) is 36.7 Å². The Morgan fingerprint density at radius 3 is 2.67 bits per heavy atom. The summed E-state index contributed by atoms with van der Waals surface area (Å²) in [4.78, 5) is 30.3. The maximum atomic E-state index is 12.5. The number of hydrogen-bond donors (Lipinski definition) is 0. The van der Waals surface area contributed by atoms with Crippen LogP contribution in [-0.4, -0.2) is 35.4 Å². The zero-order valence-corrected chi connectivity index (χ0v) is 16.2. The highest BCUT2D eigenvalue weighted by Gasteiger charge is 2.33. The molecule has 142 valence electrons. The topological polar surface area (TPSA) is 59.5 Å². The number of hydrogen-bond acceptors (Lipinski definition) is 4. The van der Waals surface area contributed by atoms with E-state index < -0.39 is 0 Å². The van der Waals surface area contributed by atoms with Gasteiger partial charge in [-0.25, -0.2) is 0 Å². The van der Waals surface area contributed by atoms with E-state index in [9.17, 15) is 9.59 Å². The predicted octanol–water partition coefficient (Wildman–Crippen LogP) is 3.53. The van der Waals surface area contributed by atoms with E-state index in [0.29, 0.717) is 13.1 Å². The number of pyridine rings is 1. The predicted molar refractivity (Wildman–Crippen MR) is 104 cm³/mol. The van der Waals surface area contributed by atoms with Gasteiger partial charge in [-0.05, 0) is 49.4 Å². The summed E-state index contributed by atoms with van der Waals surface area (Å²) in [6.07, 6.45) is 5.70. The zero-order chi connectivity index (χ0) is 19.4. The van der Waals surface area contributed by atoms with Crippen LogP contribution in [0.4, 0.5) is 0 Å².